The van der Waals surface area contributed by atoms with Gasteiger partial charge in [0.1, 0.15) is 5.75 Å². The van der Waals surface area contributed by atoms with E-state index in [0.29, 0.717) is 5.56 Å². The van der Waals surface area contributed by atoms with Gasteiger partial charge >= 0.3 is 0 Å². The highest BCUT2D eigenvalue weighted by Crippen LogP contribution is 2.15. The van der Waals surface area contributed by atoms with Crippen molar-refractivity contribution in [2.45, 2.75) is 6.92 Å². The van der Waals surface area contributed by atoms with Gasteiger partial charge in [-0.15, -0.1) is 0 Å². The summed E-state index contributed by atoms with van der Waals surface area (Å²) in [7, 11) is 0. The lowest BCUT2D eigenvalue weighted by Crippen LogP contribution is -1.76. The summed E-state index contributed by atoms with van der Waals surface area (Å²) >= 11 is 0. The van der Waals surface area contributed by atoms with E-state index < -0.39 is 0 Å². The van der Waals surface area contributed by atoms with Crippen LogP contribution in [0.2, 0.25) is 0 Å². The highest BCUT2D eigenvalue weighted by Gasteiger charge is 1.94. The van der Waals surface area contributed by atoms with Gasteiger partial charge in [0, 0.05) is 0 Å². The number of nitriles is 1. The first-order valence-corrected chi connectivity index (χ1v) is 2.77. The average molecular weight is 135 g/mol. The summed E-state index contributed by atoms with van der Waals surface area (Å²) < 4.78 is 14.5. The van der Waals surface area contributed by atoms with Crippen molar-refractivity contribution >= 4 is 0 Å². The van der Waals surface area contributed by atoms with Crippen molar-refractivity contribution in [1.82, 2.24) is 0 Å². The Balaban J connectivity index is 3.52. The van der Waals surface area contributed by atoms with Gasteiger partial charge in [-0.1, -0.05) is 0 Å². The van der Waals surface area contributed by atoms with Crippen LogP contribution in [-0.4, -0.2) is 5.11 Å². The SMILES string of the molecule is [2H]c1c(C#N)cc(C)c(O)c1[2H]. The maximum absolute atomic E-state index is 9.19. The minimum atomic E-state index is -0.286. The molecule has 0 saturated carbocycles. The van der Waals surface area contributed by atoms with Crippen molar-refractivity contribution in [2.75, 3.05) is 0 Å². The first-order chi connectivity index (χ1) is 5.57. The molecule has 0 spiro atoms. The van der Waals surface area contributed by atoms with Crippen LogP contribution in [0.4, 0.5) is 0 Å². The standard InChI is InChI=1S/C8H7NO/c1-6-4-7(5-9)2-3-8(6)10/h2-4,10H,1H3/i2D,3D. The second-order valence-corrected chi connectivity index (χ2v) is 1.95. The molecular formula is C8H7NO. The highest BCUT2D eigenvalue weighted by molar-refractivity contribution is 5.40. The first-order valence-electron chi connectivity index (χ1n) is 3.77. The van der Waals surface area contributed by atoms with Crippen LogP contribution in [0.25, 0.3) is 0 Å². The molecule has 0 aliphatic carbocycles. The van der Waals surface area contributed by atoms with Crippen LogP contribution in [0.5, 0.6) is 5.75 Å². The predicted octanol–water partition coefficient (Wildman–Crippen LogP) is 1.57. The van der Waals surface area contributed by atoms with E-state index in [1.54, 1.807) is 13.0 Å². The number of phenols is 1. The quantitative estimate of drug-likeness (QED) is 0.586. The number of phenolic OH excluding ortho intramolecular Hbond substituents is 1. The minimum Gasteiger partial charge on any atom is -0.508 e. The summed E-state index contributed by atoms with van der Waals surface area (Å²) in [6.07, 6.45) is 0. The second-order valence-electron chi connectivity index (χ2n) is 1.95. The van der Waals surface area contributed by atoms with Gasteiger partial charge in [-0.3, -0.25) is 0 Å². The Hall–Kier alpha value is -1.49. The molecule has 2 heteroatoms. The molecule has 0 amide bonds. The Morgan fingerprint density at radius 3 is 3.00 bits per heavy atom. The zero-order valence-electron chi connectivity index (χ0n) is 7.47. The molecule has 0 radical (unpaired) electrons. The third-order valence-electron chi connectivity index (χ3n) is 1.17. The van der Waals surface area contributed by atoms with E-state index >= 15 is 0 Å². The number of hydrogen-bond donors (Lipinski definition) is 1. The largest absolute Gasteiger partial charge is 0.508 e. The van der Waals surface area contributed by atoms with Crippen LogP contribution in [0.15, 0.2) is 18.2 Å². The number of aromatic hydroxyl groups is 1. The molecule has 1 N–H and O–H groups in total. The summed E-state index contributed by atoms with van der Waals surface area (Å²) in [6.45, 7) is 1.59. The lowest BCUT2D eigenvalue weighted by molar-refractivity contribution is 0.471. The molecule has 0 fully saturated rings. The van der Waals surface area contributed by atoms with Gasteiger partial charge in [-0.05, 0) is 30.6 Å². The molecule has 0 aliphatic rings. The van der Waals surface area contributed by atoms with E-state index in [1.807, 2.05) is 0 Å². The minimum absolute atomic E-state index is 0.121. The smallest absolute Gasteiger partial charge is 0.118 e. The molecule has 0 unspecified atom stereocenters. The Bertz CT molecular complexity index is 368. The van der Waals surface area contributed by atoms with Gasteiger partial charge in [0.2, 0.25) is 0 Å². The first kappa shape index (κ1) is 4.35. The van der Waals surface area contributed by atoms with Crippen molar-refractivity contribution in [3.8, 4) is 11.8 Å². The normalized spacial score (nSPS) is 11.6. The van der Waals surface area contributed by atoms with Crippen molar-refractivity contribution < 1.29 is 7.85 Å². The predicted molar refractivity (Wildman–Crippen MR) is 37.6 cm³/mol. The Morgan fingerprint density at radius 1 is 1.70 bits per heavy atom. The molecule has 0 heterocycles. The van der Waals surface area contributed by atoms with E-state index in [2.05, 4.69) is 0 Å². The van der Waals surface area contributed by atoms with Gasteiger partial charge < -0.3 is 5.11 Å². The maximum atomic E-state index is 9.19. The van der Waals surface area contributed by atoms with Gasteiger partial charge in [0.05, 0.1) is 14.4 Å². The summed E-state index contributed by atoms with van der Waals surface area (Å²) in [4.78, 5) is 0. The zero-order chi connectivity index (χ0) is 9.30. The van der Waals surface area contributed by atoms with E-state index in [4.69, 9.17) is 8.00 Å². The van der Waals surface area contributed by atoms with E-state index in [1.165, 1.54) is 6.07 Å². The van der Waals surface area contributed by atoms with Gasteiger partial charge in [0.25, 0.3) is 0 Å². The lowest BCUT2D eigenvalue weighted by Gasteiger charge is -1.95. The fourth-order valence-electron chi connectivity index (χ4n) is 0.606. The molecule has 0 aromatic heterocycles. The van der Waals surface area contributed by atoms with Crippen molar-refractivity contribution in [3.05, 3.63) is 29.3 Å². The topological polar surface area (TPSA) is 44.0 Å². The summed E-state index contributed by atoms with van der Waals surface area (Å²) in [6, 6.07) is 2.68. The maximum Gasteiger partial charge on any atom is 0.118 e. The third kappa shape index (κ3) is 1.08. The third-order valence-corrected chi connectivity index (χ3v) is 1.17. The number of benzene rings is 1. The van der Waals surface area contributed by atoms with Crippen LogP contribution < -0.4 is 0 Å². The molecule has 0 atom stereocenters. The Kier molecular flexibility index (Phi) is 1.04. The van der Waals surface area contributed by atoms with E-state index in [-0.39, 0.29) is 23.4 Å². The molecule has 2 nitrogen and oxygen atoms in total. The van der Waals surface area contributed by atoms with Crippen LogP contribution in [0.1, 0.15) is 13.9 Å². The fraction of sp³-hybridized carbons (Fsp3) is 0.125. The monoisotopic (exact) mass is 135 g/mol. The molecule has 0 aliphatic heterocycles. The van der Waals surface area contributed by atoms with Crippen LogP contribution in [0.3, 0.4) is 0 Å². The molecule has 50 valence electrons. The zero-order valence-corrected chi connectivity index (χ0v) is 5.47. The molecular weight excluding hydrogens is 126 g/mol. The van der Waals surface area contributed by atoms with Gasteiger partial charge in [-0.2, -0.15) is 5.26 Å². The summed E-state index contributed by atoms with van der Waals surface area (Å²) in [5, 5.41) is 17.7. The Labute approximate surface area is 62.2 Å². The number of aryl methyl sites for hydroxylation is 1. The average Bonchev–Trinajstić information content (AvgIpc) is 2.08. The number of nitrogens with zero attached hydrogens (tertiary/aromatic N) is 1. The highest BCUT2D eigenvalue weighted by atomic mass is 16.3. The lowest BCUT2D eigenvalue weighted by atomic mass is 10.1. The molecule has 1 rings (SSSR count). The molecule has 1 aromatic carbocycles. The summed E-state index contributed by atoms with van der Waals surface area (Å²) in [5.74, 6) is -0.223. The van der Waals surface area contributed by atoms with Gasteiger partial charge in [-0.25, -0.2) is 0 Å². The molecule has 1 aromatic rings. The number of hydrogen-bond acceptors (Lipinski definition) is 2. The fourth-order valence-corrected chi connectivity index (χ4v) is 0.606. The molecule has 10 heavy (non-hydrogen) atoms. The van der Waals surface area contributed by atoms with Crippen LogP contribution in [0, 0.1) is 18.3 Å². The molecule has 0 bridgehead atoms. The van der Waals surface area contributed by atoms with Crippen LogP contribution in [-0.2, 0) is 0 Å². The van der Waals surface area contributed by atoms with E-state index in [9.17, 15) is 5.11 Å². The van der Waals surface area contributed by atoms with Crippen molar-refractivity contribution in [2.24, 2.45) is 0 Å². The van der Waals surface area contributed by atoms with Crippen molar-refractivity contribution in [1.29, 1.82) is 5.26 Å². The van der Waals surface area contributed by atoms with Crippen molar-refractivity contribution in [3.63, 3.8) is 0 Å². The Morgan fingerprint density at radius 2 is 2.40 bits per heavy atom. The van der Waals surface area contributed by atoms with Crippen LogP contribution >= 0.6 is 0 Å². The molecule has 0 saturated heterocycles. The van der Waals surface area contributed by atoms with Gasteiger partial charge in [0.15, 0.2) is 0 Å². The summed E-state index contributed by atoms with van der Waals surface area (Å²) in [5.41, 5.74) is 0.572. The second kappa shape index (κ2) is 2.40. The number of rotatable bonds is 0. The van der Waals surface area contributed by atoms with E-state index in [0.717, 1.165) is 0 Å².